The van der Waals surface area contributed by atoms with E-state index in [4.69, 9.17) is 0 Å². The van der Waals surface area contributed by atoms with E-state index in [1.807, 2.05) is 0 Å². The highest BCUT2D eigenvalue weighted by atomic mass is 32.2. The number of urea groups is 1. The number of rotatable bonds is 4. The maximum Gasteiger partial charge on any atom is 0.446 e. The van der Waals surface area contributed by atoms with Gasteiger partial charge in [0.1, 0.15) is 5.54 Å². The Bertz CT molecular complexity index is 1210. The molecule has 1 fully saturated rings. The molecule has 1 aliphatic heterocycles. The molecule has 0 atom stereocenters. The second-order valence-electron chi connectivity index (χ2n) is 7.73. The van der Waals surface area contributed by atoms with Crippen LogP contribution in [0, 0.1) is 5.95 Å². The first kappa shape index (κ1) is 22.1. The van der Waals surface area contributed by atoms with Gasteiger partial charge in [-0.1, -0.05) is 18.2 Å². The van der Waals surface area contributed by atoms with Gasteiger partial charge in [0.15, 0.2) is 0 Å². The number of carbonyl (C=O) groups excluding carboxylic acids is 2. The summed E-state index contributed by atoms with van der Waals surface area (Å²) in [5.74, 6) is -1.23. The Balaban J connectivity index is 1.66. The quantitative estimate of drug-likeness (QED) is 0.215. The van der Waals surface area contributed by atoms with Gasteiger partial charge in [-0.15, -0.1) is 0 Å². The summed E-state index contributed by atoms with van der Waals surface area (Å²) >= 11 is -0.282. The fraction of sp³-hybridized carbons (Fsp3) is 0.227. The number of halogens is 4. The third-order valence-corrected chi connectivity index (χ3v) is 5.99. The Hall–Kier alpha value is -3.14. The number of fused-ring (bicyclic) bond motifs is 1. The van der Waals surface area contributed by atoms with Gasteiger partial charge in [0.05, 0.1) is 11.2 Å². The van der Waals surface area contributed by atoms with Gasteiger partial charge in [-0.05, 0) is 67.6 Å². The van der Waals surface area contributed by atoms with Crippen molar-refractivity contribution in [2.75, 3.05) is 4.90 Å². The van der Waals surface area contributed by atoms with E-state index in [1.54, 1.807) is 38.1 Å². The predicted molar refractivity (Wildman–Crippen MR) is 113 cm³/mol. The highest BCUT2D eigenvalue weighted by molar-refractivity contribution is 8.00. The number of hydrogen-bond acceptors (Lipinski definition) is 4. The number of pyridine rings is 1. The van der Waals surface area contributed by atoms with E-state index >= 15 is 0 Å². The van der Waals surface area contributed by atoms with E-state index in [1.165, 1.54) is 35.2 Å². The van der Waals surface area contributed by atoms with Crippen molar-refractivity contribution in [1.82, 2.24) is 9.88 Å². The molecular formula is C22H17F4N3O2S. The summed E-state index contributed by atoms with van der Waals surface area (Å²) in [6, 6.07) is 12.5. The van der Waals surface area contributed by atoms with Crippen LogP contribution in [0.5, 0.6) is 0 Å². The van der Waals surface area contributed by atoms with Gasteiger partial charge in [0.25, 0.3) is 5.91 Å². The lowest BCUT2D eigenvalue weighted by molar-refractivity contribution is -0.123. The SMILES string of the molecule is CC1(C)C(=O)N(c2ccc(SC(F)(F)F)cc2)C(=O)N1Cc1cc(F)nc2ccccc12. The summed E-state index contributed by atoms with van der Waals surface area (Å²) in [7, 11) is 0. The van der Waals surface area contributed by atoms with Crippen LogP contribution in [0.1, 0.15) is 19.4 Å². The Morgan fingerprint density at radius 2 is 1.69 bits per heavy atom. The molecule has 0 radical (unpaired) electrons. The van der Waals surface area contributed by atoms with Crippen LogP contribution in [-0.2, 0) is 11.3 Å². The average Bonchev–Trinajstić information content (AvgIpc) is 2.87. The molecule has 4 rings (SSSR count). The maximum absolute atomic E-state index is 14.1. The number of anilines is 1. The van der Waals surface area contributed by atoms with Gasteiger partial charge in [-0.3, -0.25) is 4.79 Å². The van der Waals surface area contributed by atoms with E-state index in [-0.39, 0.29) is 28.9 Å². The summed E-state index contributed by atoms with van der Waals surface area (Å²) in [5, 5.41) is 0.650. The normalized spacial score (nSPS) is 16.3. The molecule has 3 aromatic rings. The zero-order chi connectivity index (χ0) is 23.3. The standard InChI is InChI=1S/C22H17F4N3O2S/c1-21(2)19(30)29(14-7-9-15(10-8-14)32-22(24,25)26)20(31)28(21)12-13-11-18(23)27-17-6-4-3-5-16(13)17/h3-11H,12H2,1-2H3. The molecule has 0 bridgehead atoms. The van der Waals surface area contributed by atoms with Crippen molar-refractivity contribution in [2.24, 2.45) is 0 Å². The van der Waals surface area contributed by atoms with Gasteiger partial charge < -0.3 is 4.90 Å². The third kappa shape index (κ3) is 4.02. The lowest BCUT2D eigenvalue weighted by atomic mass is 10.0. The lowest BCUT2D eigenvalue weighted by Gasteiger charge is -2.28. The summed E-state index contributed by atoms with van der Waals surface area (Å²) < 4.78 is 51.8. The smallest absolute Gasteiger partial charge is 0.305 e. The highest BCUT2D eigenvalue weighted by Gasteiger charge is 2.51. The van der Waals surface area contributed by atoms with Gasteiger partial charge in [0, 0.05) is 16.8 Å². The van der Waals surface area contributed by atoms with Gasteiger partial charge in [-0.2, -0.15) is 17.6 Å². The summed E-state index contributed by atoms with van der Waals surface area (Å²) in [5.41, 5.74) is -4.62. The molecule has 10 heteroatoms. The van der Waals surface area contributed by atoms with E-state index in [2.05, 4.69) is 4.98 Å². The Morgan fingerprint density at radius 1 is 1.03 bits per heavy atom. The summed E-state index contributed by atoms with van der Waals surface area (Å²) in [6.45, 7) is 3.09. The number of benzene rings is 2. The minimum absolute atomic E-state index is 0.0456. The first-order valence-electron chi connectivity index (χ1n) is 9.53. The number of alkyl halides is 3. The molecule has 0 unspecified atom stereocenters. The molecule has 2 aromatic carbocycles. The van der Waals surface area contributed by atoms with Crippen molar-refractivity contribution in [1.29, 1.82) is 0 Å². The Morgan fingerprint density at radius 3 is 2.34 bits per heavy atom. The van der Waals surface area contributed by atoms with Crippen molar-refractivity contribution in [2.45, 2.75) is 36.3 Å². The summed E-state index contributed by atoms with van der Waals surface area (Å²) in [4.78, 5) is 32.3. The van der Waals surface area contributed by atoms with Crippen LogP contribution >= 0.6 is 11.8 Å². The van der Waals surface area contributed by atoms with Crippen molar-refractivity contribution < 1.29 is 27.2 Å². The monoisotopic (exact) mass is 463 g/mol. The van der Waals surface area contributed by atoms with Crippen LogP contribution in [0.2, 0.25) is 0 Å². The second-order valence-corrected chi connectivity index (χ2v) is 8.87. The summed E-state index contributed by atoms with van der Waals surface area (Å²) in [6.07, 6.45) is 0. The molecule has 0 aliphatic carbocycles. The molecule has 1 saturated heterocycles. The van der Waals surface area contributed by atoms with E-state index in [9.17, 15) is 27.2 Å². The average molecular weight is 463 g/mol. The molecule has 0 spiro atoms. The van der Waals surface area contributed by atoms with Gasteiger partial charge in [-0.25, -0.2) is 14.7 Å². The molecule has 2 heterocycles. The number of aromatic nitrogens is 1. The molecule has 32 heavy (non-hydrogen) atoms. The molecule has 1 aromatic heterocycles. The number of imide groups is 1. The molecule has 0 saturated carbocycles. The molecule has 1 aliphatic rings. The zero-order valence-corrected chi connectivity index (χ0v) is 17.8. The fourth-order valence-electron chi connectivity index (χ4n) is 3.64. The number of thioether (sulfide) groups is 1. The molecule has 3 amide bonds. The highest BCUT2D eigenvalue weighted by Crippen LogP contribution is 2.39. The van der Waals surface area contributed by atoms with Crippen molar-refractivity contribution in [3.8, 4) is 0 Å². The topological polar surface area (TPSA) is 53.5 Å². The van der Waals surface area contributed by atoms with Crippen molar-refractivity contribution >= 4 is 40.3 Å². The minimum Gasteiger partial charge on any atom is -0.305 e. The minimum atomic E-state index is -4.44. The van der Waals surface area contributed by atoms with E-state index in [0.29, 0.717) is 16.5 Å². The molecule has 166 valence electrons. The molecule has 0 N–H and O–H groups in total. The van der Waals surface area contributed by atoms with Crippen LogP contribution in [0.15, 0.2) is 59.5 Å². The number of carbonyl (C=O) groups is 2. The maximum atomic E-state index is 14.1. The molecular weight excluding hydrogens is 446 g/mol. The van der Waals surface area contributed by atoms with E-state index < -0.39 is 28.9 Å². The first-order valence-corrected chi connectivity index (χ1v) is 10.4. The zero-order valence-electron chi connectivity index (χ0n) is 17.0. The predicted octanol–water partition coefficient (Wildman–Crippen LogP) is 5.73. The van der Waals surface area contributed by atoms with Crippen LogP contribution in [0.4, 0.5) is 28.0 Å². The number of hydrogen-bond donors (Lipinski definition) is 0. The van der Waals surface area contributed by atoms with Crippen molar-refractivity contribution in [3.63, 3.8) is 0 Å². The molecule has 5 nitrogen and oxygen atoms in total. The third-order valence-electron chi connectivity index (χ3n) is 5.25. The van der Waals surface area contributed by atoms with Crippen molar-refractivity contribution in [3.05, 3.63) is 66.1 Å². The Labute approximate surface area is 185 Å². The van der Waals surface area contributed by atoms with Crippen LogP contribution in [-0.4, -0.2) is 32.9 Å². The lowest BCUT2D eigenvalue weighted by Crippen LogP contribution is -2.43. The fourth-order valence-corrected chi connectivity index (χ4v) is 4.18. The van der Waals surface area contributed by atoms with Crippen LogP contribution in [0.25, 0.3) is 10.9 Å². The number of para-hydroxylation sites is 1. The largest absolute Gasteiger partial charge is 0.446 e. The van der Waals surface area contributed by atoms with Crippen LogP contribution in [0.3, 0.4) is 0 Å². The van der Waals surface area contributed by atoms with Gasteiger partial charge in [0.2, 0.25) is 5.95 Å². The van der Waals surface area contributed by atoms with Crippen LogP contribution < -0.4 is 4.90 Å². The number of nitrogens with zero attached hydrogens (tertiary/aromatic N) is 3. The number of amides is 3. The van der Waals surface area contributed by atoms with E-state index in [0.717, 1.165) is 4.90 Å². The van der Waals surface area contributed by atoms with Gasteiger partial charge >= 0.3 is 11.5 Å². The first-order chi connectivity index (χ1) is 15.0. The Kier molecular flexibility index (Phi) is 5.36. The second kappa shape index (κ2) is 7.77.